The first-order valence-corrected chi connectivity index (χ1v) is 7.36. The molecule has 0 saturated carbocycles. The average Bonchev–Trinajstić information content (AvgIpc) is 2.94. The molecule has 0 bridgehead atoms. The molecule has 0 saturated heterocycles. The minimum Gasteiger partial charge on any atom is -0.497 e. The largest absolute Gasteiger partial charge is 0.497 e. The zero-order valence-corrected chi connectivity index (χ0v) is 12.4. The van der Waals surface area contributed by atoms with Gasteiger partial charge in [-0.25, -0.2) is 4.98 Å². The highest BCUT2D eigenvalue weighted by Crippen LogP contribution is 2.26. The molecule has 0 radical (unpaired) electrons. The van der Waals surface area contributed by atoms with Gasteiger partial charge in [0.15, 0.2) is 0 Å². The fourth-order valence-electron chi connectivity index (χ4n) is 1.90. The van der Waals surface area contributed by atoms with Gasteiger partial charge in [-0.3, -0.25) is 4.98 Å². The maximum absolute atomic E-state index is 5.22. The number of thiazole rings is 1. The molecule has 0 fully saturated rings. The molecule has 2 aromatic heterocycles. The molecular formula is C17H14N2OS. The summed E-state index contributed by atoms with van der Waals surface area (Å²) in [7, 11) is 1.67. The summed E-state index contributed by atoms with van der Waals surface area (Å²) < 4.78 is 6.35. The fourth-order valence-corrected chi connectivity index (χ4v) is 2.81. The molecule has 0 N–H and O–H groups in total. The van der Waals surface area contributed by atoms with Gasteiger partial charge in [0.1, 0.15) is 10.8 Å². The normalized spacial score (nSPS) is 11.7. The molecule has 0 aliphatic rings. The van der Waals surface area contributed by atoms with Gasteiger partial charge in [-0.2, -0.15) is 0 Å². The van der Waals surface area contributed by atoms with Crippen molar-refractivity contribution in [2.45, 2.75) is 0 Å². The Morgan fingerprint density at radius 1 is 1.14 bits per heavy atom. The van der Waals surface area contributed by atoms with Gasteiger partial charge in [0, 0.05) is 12.4 Å². The van der Waals surface area contributed by atoms with E-state index < -0.39 is 0 Å². The van der Waals surface area contributed by atoms with E-state index in [0.29, 0.717) is 0 Å². The van der Waals surface area contributed by atoms with Crippen LogP contribution in [0.5, 0.6) is 5.75 Å². The topological polar surface area (TPSA) is 35.0 Å². The predicted molar refractivity (Wildman–Crippen MR) is 88.5 cm³/mol. The van der Waals surface area contributed by atoms with Crippen LogP contribution in [0.15, 0.2) is 54.9 Å². The highest BCUT2D eigenvalue weighted by Gasteiger charge is 2.02. The Labute approximate surface area is 127 Å². The summed E-state index contributed by atoms with van der Waals surface area (Å²) in [4.78, 5) is 8.63. The molecular weight excluding hydrogens is 280 g/mol. The zero-order chi connectivity index (χ0) is 14.5. The van der Waals surface area contributed by atoms with Crippen LogP contribution in [0.4, 0.5) is 0 Å². The van der Waals surface area contributed by atoms with Crippen LogP contribution in [0.3, 0.4) is 0 Å². The van der Waals surface area contributed by atoms with Crippen molar-refractivity contribution >= 4 is 33.7 Å². The van der Waals surface area contributed by atoms with E-state index in [1.165, 1.54) is 0 Å². The molecule has 104 valence electrons. The van der Waals surface area contributed by atoms with Gasteiger partial charge in [0.2, 0.25) is 0 Å². The lowest BCUT2D eigenvalue weighted by molar-refractivity contribution is 0.415. The maximum atomic E-state index is 5.22. The van der Waals surface area contributed by atoms with E-state index in [0.717, 1.165) is 26.5 Å². The van der Waals surface area contributed by atoms with Gasteiger partial charge in [-0.05, 0) is 35.9 Å². The molecule has 2 heterocycles. The second-order valence-corrected chi connectivity index (χ2v) is 5.45. The quantitative estimate of drug-likeness (QED) is 0.668. The van der Waals surface area contributed by atoms with E-state index in [1.807, 2.05) is 60.8 Å². The molecule has 3 rings (SSSR count). The molecule has 1 aromatic carbocycles. The minimum absolute atomic E-state index is 0.859. The van der Waals surface area contributed by atoms with Crippen LogP contribution in [0, 0.1) is 0 Å². The smallest absolute Gasteiger partial charge is 0.120 e. The van der Waals surface area contributed by atoms with Crippen molar-refractivity contribution in [2.24, 2.45) is 0 Å². The number of benzene rings is 1. The van der Waals surface area contributed by atoms with Gasteiger partial charge in [-0.1, -0.05) is 24.3 Å². The molecule has 3 aromatic rings. The number of allylic oxidation sites excluding steroid dienone is 2. The molecule has 0 aliphatic carbocycles. The molecule has 0 atom stereocenters. The van der Waals surface area contributed by atoms with Crippen molar-refractivity contribution in [3.8, 4) is 5.75 Å². The number of aromatic nitrogens is 2. The molecule has 0 aliphatic heterocycles. The second-order valence-electron chi connectivity index (χ2n) is 4.39. The van der Waals surface area contributed by atoms with Gasteiger partial charge < -0.3 is 4.74 Å². The van der Waals surface area contributed by atoms with Crippen molar-refractivity contribution in [1.82, 2.24) is 9.97 Å². The van der Waals surface area contributed by atoms with Gasteiger partial charge in [0.25, 0.3) is 0 Å². The van der Waals surface area contributed by atoms with Gasteiger partial charge >= 0.3 is 0 Å². The van der Waals surface area contributed by atoms with Crippen LogP contribution in [0.25, 0.3) is 22.4 Å². The number of fused-ring (bicyclic) bond motifs is 1. The number of ether oxygens (including phenoxy) is 1. The zero-order valence-electron chi connectivity index (χ0n) is 11.6. The van der Waals surface area contributed by atoms with Crippen LogP contribution in [-0.4, -0.2) is 17.1 Å². The average molecular weight is 294 g/mol. The van der Waals surface area contributed by atoms with E-state index in [1.54, 1.807) is 24.6 Å². The Bertz CT molecular complexity index is 791. The third-order valence-electron chi connectivity index (χ3n) is 2.94. The number of pyridine rings is 1. The predicted octanol–water partition coefficient (Wildman–Crippen LogP) is 4.43. The van der Waals surface area contributed by atoms with Crippen molar-refractivity contribution in [1.29, 1.82) is 0 Å². The Morgan fingerprint density at radius 3 is 2.86 bits per heavy atom. The van der Waals surface area contributed by atoms with Gasteiger partial charge in [-0.15, -0.1) is 11.3 Å². The monoisotopic (exact) mass is 294 g/mol. The first-order chi connectivity index (χ1) is 10.3. The molecule has 3 nitrogen and oxygen atoms in total. The Balaban J connectivity index is 1.75. The van der Waals surface area contributed by atoms with E-state index in [4.69, 9.17) is 4.74 Å². The maximum Gasteiger partial charge on any atom is 0.120 e. The molecule has 0 unspecified atom stereocenters. The number of hydrogen-bond acceptors (Lipinski definition) is 4. The molecule has 4 heteroatoms. The van der Waals surface area contributed by atoms with Crippen molar-refractivity contribution < 1.29 is 4.74 Å². The van der Waals surface area contributed by atoms with Crippen LogP contribution in [0.2, 0.25) is 0 Å². The summed E-state index contributed by atoms with van der Waals surface area (Å²) >= 11 is 1.65. The SMILES string of the molecule is COc1ccc2nc(/C=C/C=C/c3cccnc3)sc2c1. The Morgan fingerprint density at radius 2 is 2.05 bits per heavy atom. The summed E-state index contributed by atoms with van der Waals surface area (Å²) in [6, 6.07) is 9.85. The number of nitrogens with zero attached hydrogens (tertiary/aromatic N) is 2. The summed E-state index contributed by atoms with van der Waals surface area (Å²) in [5.41, 5.74) is 2.08. The highest BCUT2D eigenvalue weighted by molar-refractivity contribution is 7.19. The first kappa shape index (κ1) is 13.5. The standard InChI is InChI=1S/C17H14N2OS/c1-20-14-8-9-15-16(11-14)21-17(19-15)7-3-2-5-13-6-4-10-18-12-13/h2-12H,1H3/b5-2+,7-3+. The fraction of sp³-hybridized carbons (Fsp3) is 0.0588. The van der Waals surface area contributed by atoms with Gasteiger partial charge in [0.05, 0.1) is 17.3 Å². The van der Waals surface area contributed by atoms with E-state index in [2.05, 4.69) is 9.97 Å². The summed E-state index contributed by atoms with van der Waals surface area (Å²) in [5.74, 6) is 0.859. The first-order valence-electron chi connectivity index (χ1n) is 6.54. The lowest BCUT2D eigenvalue weighted by atomic mass is 10.2. The lowest BCUT2D eigenvalue weighted by Gasteiger charge is -1.96. The number of rotatable bonds is 4. The summed E-state index contributed by atoms with van der Waals surface area (Å²) in [5, 5.41) is 0.981. The lowest BCUT2D eigenvalue weighted by Crippen LogP contribution is -1.80. The number of hydrogen-bond donors (Lipinski definition) is 0. The minimum atomic E-state index is 0.859. The van der Waals surface area contributed by atoms with Crippen molar-refractivity contribution in [3.63, 3.8) is 0 Å². The highest BCUT2D eigenvalue weighted by atomic mass is 32.1. The van der Waals surface area contributed by atoms with Crippen LogP contribution < -0.4 is 4.74 Å². The summed E-state index contributed by atoms with van der Waals surface area (Å²) in [6.07, 6.45) is 11.6. The van der Waals surface area contributed by atoms with Crippen LogP contribution >= 0.6 is 11.3 Å². The van der Waals surface area contributed by atoms with Crippen LogP contribution in [0.1, 0.15) is 10.6 Å². The third kappa shape index (κ3) is 3.35. The molecule has 21 heavy (non-hydrogen) atoms. The number of methoxy groups -OCH3 is 1. The molecule has 0 spiro atoms. The Hall–Kier alpha value is -2.46. The molecule has 0 amide bonds. The van der Waals surface area contributed by atoms with E-state index in [9.17, 15) is 0 Å². The second kappa shape index (κ2) is 6.33. The van der Waals surface area contributed by atoms with Crippen molar-refractivity contribution in [3.05, 3.63) is 65.4 Å². The van der Waals surface area contributed by atoms with E-state index >= 15 is 0 Å². The Kier molecular flexibility index (Phi) is 4.07. The van der Waals surface area contributed by atoms with Crippen LogP contribution in [-0.2, 0) is 0 Å². The van der Waals surface area contributed by atoms with Crippen molar-refractivity contribution in [2.75, 3.05) is 7.11 Å². The van der Waals surface area contributed by atoms with E-state index in [-0.39, 0.29) is 0 Å². The summed E-state index contributed by atoms with van der Waals surface area (Å²) in [6.45, 7) is 0. The third-order valence-corrected chi connectivity index (χ3v) is 3.92.